The maximum Gasteiger partial charge on any atom is 0.300 e. The Balaban J connectivity index is 2.92. The van der Waals surface area contributed by atoms with Crippen LogP contribution in [0.3, 0.4) is 0 Å². The van der Waals surface area contributed by atoms with Gasteiger partial charge in [-0.3, -0.25) is 10.2 Å². The smallest absolute Gasteiger partial charge is 0.300 e. The molecular formula is C7H9N5O2. The van der Waals surface area contributed by atoms with E-state index >= 15 is 0 Å². The molecule has 0 atom stereocenters. The number of nitrogens with two attached hydrogens (primary N) is 1. The third-order valence-corrected chi connectivity index (χ3v) is 1.68. The maximum absolute atomic E-state index is 11.0. The molecule has 0 unspecified atom stereocenters. The molecule has 0 aliphatic heterocycles. The largest absolute Gasteiger partial charge is 0.456 e. The SMILES string of the molecule is Cc1oc(C(=O)NN)cc1CN=[N+]=[N-]. The maximum atomic E-state index is 11.0. The first-order chi connectivity index (χ1) is 6.69. The van der Waals surface area contributed by atoms with Gasteiger partial charge in [0, 0.05) is 4.91 Å². The summed E-state index contributed by atoms with van der Waals surface area (Å²) in [5, 5.41) is 3.36. The molecular weight excluding hydrogens is 186 g/mol. The molecule has 0 aliphatic carbocycles. The quantitative estimate of drug-likeness (QED) is 0.187. The van der Waals surface area contributed by atoms with Crippen LogP contribution >= 0.6 is 0 Å². The predicted octanol–water partition coefficient (Wildman–Crippen LogP) is 1.00. The van der Waals surface area contributed by atoms with Gasteiger partial charge in [-0.15, -0.1) is 0 Å². The summed E-state index contributed by atoms with van der Waals surface area (Å²) in [6.07, 6.45) is 0. The van der Waals surface area contributed by atoms with Gasteiger partial charge in [-0.25, -0.2) is 5.84 Å². The van der Waals surface area contributed by atoms with Crippen molar-refractivity contribution in [3.8, 4) is 0 Å². The zero-order valence-corrected chi connectivity index (χ0v) is 7.52. The number of hydrogen-bond donors (Lipinski definition) is 2. The second-order valence-corrected chi connectivity index (χ2v) is 2.55. The highest BCUT2D eigenvalue weighted by atomic mass is 16.4. The molecule has 1 rings (SSSR count). The molecule has 3 N–H and O–H groups in total. The minimum absolute atomic E-state index is 0.105. The number of aryl methyl sites for hydroxylation is 1. The first kappa shape index (κ1) is 10.1. The van der Waals surface area contributed by atoms with Gasteiger partial charge < -0.3 is 4.42 Å². The molecule has 7 heteroatoms. The fourth-order valence-corrected chi connectivity index (χ4v) is 0.968. The van der Waals surface area contributed by atoms with Crippen LogP contribution in [0, 0.1) is 6.92 Å². The van der Waals surface area contributed by atoms with E-state index in [9.17, 15) is 4.79 Å². The van der Waals surface area contributed by atoms with E-state index in [-0.39, 0.29) is 12.3 Å². The summed E-state index contributed by atoms with van der Waals surface area (Å²) in [5.74, 6) is 5.05. The lowest BCUT2D eigenvalue weighted by Crippen LogP contribution is -2.29. The van der Waals surface area contributed by atoms with Crippen molar-refractivity contribution in [2.75, 3.05) is 0 Å². The van der Waals surface area contributed by atoms with Crippen LogP contribution in [0.1, 0.15) is 21.9 Å². The molecule has 1 aromatic rings. The van der Waals surface area contributed by atoms with Gasteiger partial charge in [0.1, 0.15) is 5.76 Å². The van der Waals surface area contributed by atoms with Gasteiger partial charge in [0.05, 0.1) is 6.54 Å². The van der Waals surface area contributed by atoms with E-state index in [0.29, 0.717) is 11.3 Å². The number of azide groups is 1. The monoisotopic (exact) mass is 195 g/mol. The lowest BCUT2D eigenvalue weighted by molar-refractivity contribution is 0.0924. The molecule has 1 aromatic heterocycles. The zero-order chi connectivity index (χ0) is 10.6. The van der Waals surface area contributed by atoms with Crippen molar-refractivity contribution in [1.29, 1.82) is 0 Å². The third-order valence-electron chi connectivity index (χ3n) is 1.68. The number of nitrogens with zero attached hydrogens (tertiary/aromatic N) is 3. The molecule has 0 bridgehead atoms. The van der Waals surface area contributed by atoms with E-state index in [1.165, 1.54) is 6.07 Å². The molecule has 7 nitrogen and oxygen atoms in total. The summed E-state index contributed by atoms with van der Waals surface area (Å²) in [6.45, 7) is 1.83. The Kier molecular flexibility index (Phi) is 3.11. The van der Waals surface area contributed by atoms with Crippen molar-refractivity contribution in [2.24, 2.45) is 11.0 Å². The van der Waals surface area contributed by atoms with Crippen LogP contribution in [-0.4, -0.2) is 5.91 Å². The van der Waals surface area contributed by atoms with Crippen molar-refractivity contribution >= 4 is 5.91 Å². The number of amides is 1. The van der Waals surface area contributed by atoms with E-state index in [1.807, 2.05) is 5.43 Å². The number of hydrazine groups is 1. The van der Waals surface area contributed by atoms with Crippen LogP contribution in [0.5, 0.6) is 0 Å². The van der Waals surface area contributed by atoms with Crippen LogP contribution in [0.2, 0.25) is 0 Å². The van der Waals surface area contributed by atoms with Gasteiger partial charge >= 0.3 is 5.91 Å². The molecule has 14 heavy (non-hydrogen) atoms. The van der Waals surface area contributed by atoms with Crippen LogP contribution < -0.4 is 11.3 Å². The average molecular weight is 195 g/mol. The molecule has 0 radical (unpaired) electrons. The summed E-state index contributed by atoms with van der Waals surface area (Å²) < 4.78 is 5.09. The Hall–Kier alpha value is -1.98. The molecule has 74 valence electrons. The van der Waals surface area contributed by atoms with Crippen LogP contribution in [0.25, 0.3) is 10.4 Å². The highest BCUT2D eigenvalue weighted by Crippen LogP contribution is 2.15. The lowest BCUT2D eigenvalue weighted by atomic mass is 10.2. The molecule has 0 aromatic carbocycles. The Labute approximate surface area is 79.5 Å². The van der Waals surface area contributed by atoms with E-state index in [4.69, 9.17) is 15.8 Å². The second kappa shape index (κ2) is 4.31. The van der Waals surface area contributed by atoms with E-state index in [2.05, 4.69) is 10.0 Å². The molecule has 1 heterocycles. The van der Waals surface area contributed by atoms with Crippen LogP contribution in [0.4, 0.5) is 0 Å². The Morgan fingerprint density at radius 1 is 1.86 bits per heavy atom. The van der Waals surface area contributed by atoms with Crippen molar-refractivity contribution < 1.29 is 9.21 Å². The molecule has 0 aliphatic rings. The van der Waals surface area contributed by atoms with Crippen LogP contribution in [0.15, 0.2) is 15.6 Å². The Bertz CT molecular complexity index is 391. The molecule has 0 spiro atoms. The number of furan rings is 1. The van der Waals surface area contributed by atoms with Gasteiger partial charge in [0.15, 0.2) is 5.76 Å². The molecule has 1 amide bonds. The summed E-state index contributed by atoms with van der Waals surface area (Å²) in [4.78, 5) is 13.6. The normalized spacial score (nSPS) is 9.29. The van der Waals surface area contributed by atoms with E-state index in [1.54, 1.807) is 6.92 Å². The lowest BCUT2D eigenvalue weighted by Gasteiger charge is -1.91. The fourth-order valence-electron chi connectivity index (χ4n) is 0.968. The number of nitrogens with one attached hydrogen (secondary N) is 1. The number of carbonyl (C=O) groups is 1. The average Bonchev–Trinajstić information content (AvgIpc) is 2.56. The van der Waals surface area contributed by atoms with Gasteiger partial charge in [-0.2, -0.15) is 0 Å². The Morgan fingerprint density at radius 2 is 2.57 bits per heavy atom. The summed E-state index contributed by atoms with van der Waals surface area (Å²) >= 11 is 0. The fraction of sp³-hybridized carbons (Fsp3) is 0.286. The highest BCUT2D eigenvalue weighted by molar-refractivity contribution is 5.91. The first-order valence-corrected chi connectivity index (χ1v) is 3.80. The number of hydrogen-bond acceptors (Lipinski definition) is 4. The van der Waals surface area contributed by atoms with Crippen molar-refractivity contribution in [3.63, 3.8) is 0 Å². The molecule has 0 fully saturated rings. The zero-order valence-electron chi connectivity index (χ0n) is 7.52. The highest BCUT2D eigenvalue weighted by Gasteiger charge is 2.12. The number of carbonyl (C=O) groups excluding carboxylic acids is 1. The number of rotatable bonds is 3. The third kappa shape index (κ3) is 2.03. The van der Waals surface area contributed by atoms with Crippen LogP contribution in [-0.2, 0) is 6.54 Å². The van der Waals surface area contributed by atoms with Crippen molar-refractivity contribution in [3.05, 3.63) is 33.6 Å². The molecule has 0 saturated carbocycles. The summed E-state index contributed by atoms with van der Waals surface area (Å²) in [7, 11) is 0. The molecule has 0 saturated heterocycles. The Morgan fingerprint density at radius 3 is 3.14 bits per heavy atom. The minimum Gasteiger partial charge on any atom is -0.456 e. The van der Waals surface area contributed by atoms with E-state index < -0.39 is 5.91 Å². The standard InChI is InChI=1S/C7H9N5O2/c1-4-5(3-10-12-9)2-6(14-4)7(13)11-8/h2H,3,8H2,1H3,(H,11,13). The summed E-state index contributed by atoms with van der Waals surface area (Å²) in [5.41, 5.74) is 10.7. The van der Waals surface area contributed by atoms with Gasteiger partial charge in [0.2, 0.25) is 0 Å². The summed E-state index contributed by atoms with van der Waals surface area (Å²) in [6, 6.07) is 1.49. The van der Waals surface area contributed by atoms with Gasteiger partial charge in [-0.05, 0) is 24.1 Å². The van der Waals surface area contributed by atoms with Gasteiger partial charge in [-0.1, -0.05) is 5.11 Å². The first-order valence-electron chi connectivity index (χ1n) is 3.80. The topological polar surface area (TPSA) is 117 Å². The van der Waals surface area contributed by atoms with Crippen molar-refractivity contribution in [1.82, 2.24) is 5.43 Å². The predicted molar refractivity (Wildman–Crippen MR) is 47.9 cm³/mol. The van der Waals surface area contributed by atoms with Gasteiger partial charge in [0.25, 0.3) is 0 Å². The van der Waals surface area contributed by atoms with Crippen molar-refractivity contribution in [2.45, 2.75) is 13.5 Å². The van der Waals surface area contributed by atoms with E-state index in [0.717, 1.165) is 0 Å². The number of nitrogen functional groups attached to an aromatic ring is 1. The minimum atomic E-state index is -0.514. The second-order valence-electron chi connectivity index (χ2n) is 2.55.